The monoisotopic (exact) mass is 290 g/mol. The lowest BCUT2D eigenvalue weighted by Crippen LogP contribution is -2.37. The molecular weight excluding hydrogens is 268 g/mol. The van der Waals surface area contributed by atoms with Gasteiger partial charge >= 0.3 is 0 Å². The van der Waals surface area contributed by atoms with Gasteiger partial charge in [0.15, 0.2) is 0 Å². The standard InChI is InChI=1S/C12H22N2O2S2/c1-5-12(9(2)3)14-18(15,16)11-6-10(7-13-4)17-8-11/h6,8-9,12-14H,5,7H2,1-4H3. The van der Waals surface area contributed by atoms with E-state index in [1.165, 1.54) is 11.3 Å². The van der Waals surface area contributed by atoms with Crippen molar-refractivity contribution in [2.24, 2.45) is 5.92 Å². The van der Waals surface area contributed by atoms with Crippen LogP contribution < -0.4 is 10.0 Å². The molecule has 4 nitrogen and oxygen atoms in total. The summed E-state index contributed by atoms with van der Waals surface area (Å²) >= 11 is 1.46. The summed E-state index contributed by atoms with van der Waals surface area (Å²) < 4.78 is 27.2. The molecule has 0 radical (unpaired) electrons. The third kappa shape index (κ3) is 4.05. The Morgan fingerprint density at radius 2 is 2.06 bits per heavy atom. The molecule has 1 atom stereocenters. The SMILES string of the molecule is CCC(NS(=O)(=O)c1csc(CNC)c1)C(C)C. The van der Waals surface area contributed by atoms with Crippen LogP contribution in [0.4, 0.5) is 0 Å². The Morgan fingerprint density at radius 3 is 2.56 bits per heavy atom. The lowest BCUT2D eigenvalue weighted by atomic mass is 10.0. The van der Waals surface area contributed by atoms with E-state index in [0.29, 0.717) is 17.4 Å². The number of sulfonamides is 1. The van der Waals surface area contributed by atoms with E-state index in [-0.39, 0.29) is 6.04 Å². The summed E-state index contributed by atoms with van der Waals surface area (Å²) in [5.41, 5.74) is 0. The van der Waals surface area contributed by atoms with Gasteiger partial charge < -0.3 is 5.32 Å². The minimum absolute atomic E-state index is 0.0114. The molecule has 0 fully saturated rings. The van der Waals surface area contributed by atoms with Crippen molar-refractivity contribution in [2.45, 2.75) is 44.7 Å². The summed E-state index contributed by atoms with van der Waals surface area (Å²) in [7, 11) is -1.54. The molecule has 0 aliphatic rings. The summed E-state index contributed by atoms with van der Waals surface area (Å²) in [4.78, 5) is 1.40. The number of hydrogen-bond acceptors (Lipinski definition) is 4. The van der Waals surface area contributed by atoms with Gasteiger partial charge in [-0.05, 0) is 25.5 Å². The second-order valence-electron chi connectivity index (χ2n) is 4.66. The first kappa shape index (κ1) is 15.6. The van der Waals surface area contributed by atoms with Crippen molar-refractivity contribution in [1.29, 1.82) is 0 Å². The van der Waals surface area contributed by atoms with E-state index in [9.17, 15) is 8.42 Å². The molecule has 0 amide bonds. The fourth-order valence-electron chi connectivity index (χ4n) is 1.73. The highest BCUT2D eigenvalue weighted by atomic mass is 32.2. The van der Waals surface area contributed by atoms with Crippen LogP contribution in [0.5, 0.6) is 0 Å². The maximum Gasteiger partial charge on any atom is 0.241 e. The van der Waals surface area contributed by atoms with Gasteiger partial charge in [0.25, 0.3) is 0 Å². The molecule has 0 saturated heterocycles. The highest BCUT2D eigenvalue weighted by molar-refractivity contribution is 7.89. The van der Waals surface area contributed by atoms with Crippen LogP contribution in [0.2, 0.25) is 0 Å². The van der Waals surface area contributed by atoms with Crippen molar-refractivity contribution in [1.82, 2.24) is 10.0 Å². The predicted molar refractivity (Wildman–Crippen MR) is 76.3 cm³/mol. The molecule has 1 rings (SSSR count). The molecule has 0 saturated carbocycles. The van der Waals surface area contributed by atoms with Crippen LogP contribution in [0, 0.1) is 5.92 Å². The third-order valence-corrected chi connectivity index (χ3v) is 5.40. The summed E-state index contributed by atoms with van der Waals surface area (Å²) in [5.74, 6) is 0.292. The molecule has 0 aliphatic carbocycles. The topological polar surface area (TPSA) is 58.2 Å². The molecule has 0 aliphatic heterocycles. The van der Waals surface area contributed by atoms with Gasteiger partial charge in [-0.25, -0.2) is 13.1 Å². The van der Waals surface area contributed by atoms with Gasteiger partial charge in [0.1, 0.15) is 0 Å². The van der Waals surface area contributed by atoms with Gasteiger partial charge in [0.2, 0.25) is 10.0 Å². The maximum absolute atomic E-state index is 12.2. The molecule has 1 aromatic rings. The van der Waals surface area contributed by atoms with Crippen LogP contribution in [0.3, 0.4) is 0 Å². The molecule has 1 heterocycles. The molecule has 0 bridgehead atoms. The predicted octanol–water partition coefficient (Wildman–Crippen LogP) is 2.18. The number of hydrogen-bond donors (Lipinski definition) is 2. The summed E-state index contributed by atoms with van der Waals surface area (Å²) in [6.45, 7) is 6.74. The van der Waals surface area contributed by atoms with Gasteiger partial charge in [-0.1, -0.05) is 20.8 Å². The van der Waals surface area contributed by atoms with Crippen molar-refractivity contribution in [3.05, 3.63) is 16.3 Å². The lowest BCUT2D eigenvalue weighted by Gasteiger charge is -2.20. The molecule has 0 aromatic carbocycles. The van der Waals surface area contributed by atoms with Gasteiger partial charge in [0.05, 0.1) is 4.90 Å². The Hall–Kier alpha value is -0.430. The molecule has 2 N–H and O–H groups in total. The fourth-order valence-corrected chi connectivity index (χ4v) is 4.48. The normalized spacial score (nSPS) is 14.1. The molecule has 6 heteroatoms. The first-order chi connectivity index (χ1) is 8.40. The molecule has 18 heavy (non-hydrogen) atoms. The Bertz CT molecular complexity index is 466. The molecule has 104 valence electrons. The van der Waals surface area contributed by atoms with E-state index in [4.69, 9.17) is 0 Å². The second kappa shape index (κ2) is 6.65. The molecule has 0 spiro atoms. The highest BCUT2D eigenvalue weighted by Gasteiger charge is 2.22. The fraction of sp³-hybridized carbons (Fsp3) is 0.667. The van der Waals surface area contributed by atoms with Crippen LogP contribution >= 0.6 is 11.3 Å². The van der Waals surface area contributed by atoms with Crippen molar-refractivity contribution < 1.29 is 8.42 Å². The Morgan fingerprint density at radius 1 is 1.39 bits per heavy atom. The van der Waals surface area contributed by atoms with Crippen molar-refractivity contribution in [3.8, 4) is 0 Å². The lowest BCUT2D eigenvalue weighted by molar-refractivity contribution is 0.437. The van der Waals surface area contributed by atoms with E-state index < -0.39 is 10.0 Å². The summed E-state index contributed by atoms with van der Waals surface area (Å²) in [6, 6.07) is 1.72. The van der Waals surface area contributed by atoms with Crippen molar-refractivity contribution in [3.63, 3.8) is 0 Å². The van der Waals surface area contributed by atoms with Crippen molar-refractivity contribution in [2.75, 3.05) is 7.05 Å². The van der Waals surface area contributed by atoms with Crippen LogP contribution in [0.15, 0.2) is 16.3 Å². The molecule has 1 aromatic heterocycles. The third-order valence-electron chi connectivity index (χ3n) is 2.84. The van der Waals surface area contributed by atoms with Gasteiger partial charge in [0, 0.05) is 22.8 Å². The van der Waals surface area contributed by atoms with Gasteiger partial charge in [-0.2, -0.15) is 0 Å². The van der Waals surface area contributed by atoms with Crippen molar-refractivity contribution >= 4 is 21.4 Å². The van der Waals surface area contributed by atoms with Crippen LogP contribution in [0.1, 0.15) is 32.1 Å². The second-order valence-corrected chi connectivity index (χ2v) is 7.37. The quantitative estimate of drug-likeness (QED) is 0.809. The Kier molecular flexibility index (Phi) is 5.78. The first-order valence-electron chi connectivity index (χ1n) is 6.15. The van der Waals surface area contributed by atoms with E-state index in [2.05, 4.69) is 10.0 Å². The Balaban J connectivity index is 2.85. The average Bonchev–Trinajstić information content (AvgIpc) is 2.75. The van der Waals surface area contributed by atoms with E-state index >= 15 is 0 Å². The maximum atomic E-state index is 12.2. The highest BCUT2D eigenvalue weighted by Crippen LogP contribution is 2.20. The minimum Gasteiger partial charge on any atom is -0.315 e. The van der Waals surface area contributed by atoms with Crippen LogP contribution in [-0.4, -0.2) is 21.5 Å². The minimum atomic E-state index is -3.38. The van der Waals surface area contributed by atoms with Crippen LogP contribution in [-0.2, 0) is 16.6 Å². The van der Waals surface area contributed by atoms with E-state index in [0.717, 1.165) is 11.3 Å². The number of thiophene rings is 1. The van der Waals surface area contributed by atoms with Crippen LogP contribution in [0.25, 0.3) is 0 Å². The number of nitrogens with one attached hydrogen (secondary N) is 2. The molecular formula is C12H22N2O2S2. The zero-order chi connectivity index (χ0) is 13.8. The van der Waals surface area contributed by atoms with E-state index in [1.54, 1.807) is 11.4 Å². The number of rotatable bonds is 7. The summed E-state index contributed by atoms with van der Waals surface area (Å²) in [6.07, 6.45) is 0.796. The zero-order valence-electron chi connectivity index (χ0n) is 11.4. The largest absolute Gasteiger partial charge is 0.315 e. The molecule has 1 unspecified atom stereocenters. The van der Waals surface area contributed by atoms with E-state index in [1.807, 2.05) is 27.8 Å². The summed E-state index contributed by atoms with van der Waals surface area (Å²) in [5, 5.41) is 4.71. The Labute approximate surface area is 114 Å². The zero-order valence-corrected chi connectivity index (χ0v) is 13.0. The first-order valence-corrected chi connectivity index (χ1v) is 8.51. The average molecular weight is 290 g/mol. The van der Waals surface area contributed by atoms with Gasteiger partial charge in [-0.15, -0.1) is 11.3 Å². The van der Waals surface area contributed by atoms with Gasteiger partial charge in [-0.3, -0.25) is 0 Å². The smallest absolute Gasteiger partial charge is 0.241 e.